The van der Waals surface area contributed by atoms with Gasteiger partial charge in [0.15, 0.2) is 5.96 Å². The maximum absolute atomic E-state index is 10.8. The fourth-order valence-electron chi connectivity index (χ4n) is 3.20. The second kappa shape index (κ2) is 11.6. The van der Waals surface area contributed by atoms with Crippen LogP contribution in [0.25, 0.3) is 0 Å². The minimum atomic E-state index is -0.385. The van der Waals surface area contributed by atoms with Gasteiger partial charge < -0.3 is 15.0 Å². The zero-order valence-electron chi connectivity index (χ0n) is 16.5. The molecule has 0 aliphatic carbocycles. The Morgan fingerprint density at radius 3 is 2.31 bits per heavy atom. The molecule has 1 N–H and O–H groups in total. The Hall–Kier alpha value is -2.36. The van der Waals surface area contributed by atoms with E-state index in [4.69, 9.17) is 9.73 Å². The lowest BCUT2D eigenvalue weighted by molar-refractivity contribution is -0.384. The van der Waals surface area contributed by atoms with Crippen molar-refractivity contribution in [2.24, 2.45) is 4.99 Å². The number of methoxy groups -OCH3 is 1. The third kappa shape index (κ3) is 6.88. The van der Waals surface area contributed by atoms with Gasteiger partial charge in [-0.2, -0.15) is 0 Å². The van der Waals surface area contributed by atoms with Crippen molar-refractivity contribution in [2.45, 2.75) is 25.8 Å². The number of benzene rings is 2. The van der Waals surface area contributed by atoms with Crippen molar-refractivity contribution in [1.29, 1.82) is 0 Å². The Morgan fingerprint density at radius 2 is 1.72 bits per heavy atom. The number of hydrogen-bond acceptors (Lipinski definition) is 4. The molecule has 2 aromatic carbocycles. The van der Waals surface area contributed by atoms with Gasteiger partial charge in [-0.1, -0.05) is 24.3 Å². The highest BCUT2D eigenvalue weighted by atomic mass is 127. The van der Waals surface area contributed by atoms with E-state index in [9.17, 15) is 10.1 Å². The van der Waals surface area contributed by atoms with Crippen LogP contribution in [0.3, 0.4) is 0 Å². The largest absolute Gasteiger partial charge is 0.497 e. The Labute approximate surface area is 188 Å². The van der Waals surface area contributed by atoms with Gasteiger partial charge in [-0.05, 0) is 42.5 Å². The highest BCUT2D eigenvalue weighted by molar-refractivity contribution is 14.0. The lowest BCUT2D eigenvalue weighted by atomic mass is 10.1. The summed E-state index contributed by atoms with van der Waals surface area (Å²) in [7, 11) is 1.67. The highest BCUT2D eigenvalue weighted by Crippen LogP contribution is 2.14. The number of hydrogen-bond donors (Lipinski definition) is 1. The van der Waals surface area contributed by atoms with E-state index in [2.05, 4.69) is 22.3 Å². The van der Waals surface area contributed by atoms with E-state index >= 15 is 0 Å². The van der Waals surface area contributed by atoms with Crippen LogP contribution >= 0.6 is 24.0 Å². The minimum absolute atomic E-state index is 0. The zero-order chi connectivity index (χ0) is 19.8. The maximum Gasteiger partial charge on any atom is 0.269 e. The smallest absolute Gasteiger partial charge is 0.269 e. The SMILES string of the molecule is COc1ccc(CCNC(=NCc2ccc([N+](=O)[O-])cc2)N2CCCC2)cc1.I. The maximum atomic E-state index is 10.8. The van der Waals surface area contributed by atoms with Crippen LogP contribution in [-0.4, -0.2) is 42.5 Å². The quantitative estimate of drug-likeness (QED) is 0.200. The normalized spacial score (nSPS) is 13.7. The van der Waals surface area contributed by atoms with Crippen molar-refractivity contribution in [1.82, 2.24) is 10.2 Å². The predicted octanol–water partition coefficient (Wildman–Crippen LogP) is 4.01. The predicted molar refractivity (Wildman–Crippen MR) is 125 cm³/mol. The molecule has 29 heavy (non-hydrogen) atoms. The molecule has 8 heteroatoms. The van der Waals surface area contributed by atoms with Crippen LogP contribution in [-0.2, 0) is 13.0 Å². The molecule has 1 saturated heterocycles. The number of nitro groups is 1. The Morgan fingerprint density at radius 1 is 1.10 bits per heavy atom. The number of nitrogens with one attached hydrogen (secondary N) is 1. The summed E-state index contributed by atoms with van der Waals surface area (Å²) in [6.07, 6.45) is 3.25. The van der Waals surface area contributed by atoms with E-state index in [0.29, 0.717) is 6.54 Å². The number of ether oxygens (including phenoxy) is 1. The van der Waals surface area contributed by atoms with Gasteiger partial charge in [0.2, 0.25) is 0 Å². The number of rotatable bonds is 7. The van der Waals surface area contributed by atoms with Crippen molar-refractivity contribution < 1.29 is 9.66 Å². The van der Waals surface area contributed by atoms with E-state index in [1.54, 1.807) is 19.2 Å². The molecule has 0 aromatic heterocycles. The molecule has 1 aliphatic rings. The molecule has 7 nitrogen and oxygen atoms in total. The first kappa shape index (κ1) is 22.9. The van der Waals surface area contributed by atoms with Crippen LogP contribution in [0.4, 0.5) is 5.69 Å². The summed E-state index contributed by atoms with van der Waals surface area (Å²) >= 11 is 0. The summed E-state index contributed by atoms with van der Waals surface area (Å²) in [6, 6.07) is 14.7. The van der Waals surface area contributed by atoms with Crippen LogP contribution in [0, 0.1) is 10.1 Å². The Balaban J connectivity index is 0.00000300. The van der Waals surface area contributed by atoms with Gasteiger partial charge in [0.05, 0.1) is 18.6 Å². The van der Waals surface area contributed by atoms with Crippen molar-refractivity contribution >= 4 is 35.6 Å². The molecule has 2 aromatic rings. The second-order valence-electron chi connectivity index (χ2n) is 6.78. The number of guanidine groups is 1. The van der Waals surface area contributed by atoms with Gasteiger partial charge in [-0.3, -0.25) is 10.1 Å². The van der Waals surface area contributed by atoms with Crippen molar-refractivity contribution in [3.05, 3.63) is 69.8 Å². The molecule has 0 unspecified atom stereocenters. The van der Waals surface area contributed by atoms with Crippen LogP contribution in [0.1, 0.15) is 24.0 Å². The molecule has 1 aliphatic heterocycles. The third-order valence-electron chi connectivity index (χ3n) is 4.82. The molecule has 156 valence electrons. The van der Waals surface area contributed by atoms with Crippen LogP contribution < -0.4 is 10.1 Å². The molecule has 0 amide bonds. The summed E-state index contributed by atoms with van der Waals surface area (Å²) in [4.78, 5) is 17.4. The van der Waals surface area contributed by atoms with E-state index in [1.807, 2.05) is 12.1 Å². The fourth-order valence-corrected chi connectivity index (χ4v) is 3.20. The number of aliphatic imine (C=N–C) groups is 1. The van der Waals surface area contributed by atoms with Crippen molar-refractivity contribution in [2.75, 3.05) is 26.7 Å². The Kier molecular flexibility index (Phi) is 9.17. The molecule has 0 bridgehead atoms. The van der Waals surface area contributed by atoms with E-state index in [1.165, 1.54) is 30.5 Å². The molecular formula is C21H27IN4O3. The third-order valence-corrected chi connectivity index (χ3v) is 4.82. The summed E-state index contributed by atoms with van der Waals surface area (Å²) in [5.74, 6) is 1.77. The number of likely N-dealkylation sites (tertiary alicyclic amines) is 1. The monoisotopic (exact) mass is 510 g/mol. The zero-order valence-corrected chi connectivity index (χ0v) is 18.9. The first-order valence-corrected chi connectivity index (χ1v) is 9.55. The lowest BCUT2D eigenvalue weighted by Crippen LogP contribution is -2.40. The molecule has 0 atom stereocenters. The topological polar surface area (TPSA) is 80.0 Å². The average molecular weight is 510 g/mol. The highest BCUT2D eigenvalue weighted by Gasteiger charge is 2.16. The van der Waals surface area contributed by atoms with Crippen molar-refractivity contribution in [3.63, 3.8) is 0 Å². The molecule has 0 spiro atoms. The molecule has 3 rings (SSSR count). The summed E-state index contributed by atoms with van der Waals surface area (Å²) in [6.45, 7) is 3.31. The van der Waals surface area contributed by atoms with Crippen LogP contribution in [0.2, 0.25) is 0 Å². The van der Waals surface area contributed by atoms with Gasteiger partial charge >= 0.3 is 0 Å². The Bertz CT molecular complexity index is 804. The summed E-state index contributed by atoms with van der Waals surface area (Å²) < 4.78 is 5.20. The molecule has 0 radical (unpaired) electrons. The van der Waals surface area contributed by atoms with Gasteiger partial charge in [-0.25, -0.2) is 4.99 Å². The van der Waals surface area contributed by atoms with Gasteiger partial charge in [0.1, 0.15) is 5.75 Å². The molecule has 1 fully saturated rings. The fraction of sp³-hybridized carbons (Fsp3) is 0.381. The molecule has 1 heterocycles. The average Bonchev–Trinajstić information content (AvgIpc) is 3.26. The lowest BCUT2D eigenvalue weighted by Gasteiger charge is -2.21. The van der Waals surface area contributed by atoms with Gasteiger partial charge in [-0.15, -0.1) is 24.0 Å². The van der Waals surface area contributed by atoms with Gasteiger partial charge in [0.25, 0.3) is 5.69 Å². The molecule has 0 saturated carbocycles. The van der Waals surface area contributed by atoms with E-state index in [0.717, 1.165) is 43.3 Å². The second-order valence-corrected chi connectivity index (χ2v) is 6.78. The number of nitrogens with zero attached hydrogens (tertiary/aromatic N) is 3. The first-order chi connectivity index (χ1) is 13.7. The number of nitro benzene ring substituents is 1. The van der Waals surface area contributed by atoms with Crippen molar-refractivity contribution in [3.8, 4) is 5.75 Å². The van der Waals surface area contributed by atoms with E-state index in [-0.39, 0.29) is 34.6 Å². The first-order valence-electron chi connectivity index (χ1n) is 9.55. The number of halogens is 1. The van der Waals surface area contributed by atoms with Gasteiger partial charge in [0, 0.05) is 31.8 Å². The summed E-state index contributed by atoms with van der Waals surface area (Å²) in [5, 5.41) is 14.3. The molecular weight excluding hydrogens is 483 g/mol. The summed E-state index contributed by atoms with van der Waals surface area (Å²) in [5.41, 5.74) is 2.30. The number of non-ortho nitro benzene ring substituents is 1. The minimum Gasteiger partial charge on any atom is -0.497 e. The van der Waals surface area contributed by atoms with Crippen LogP contribution in [0.5, 0.6) is 5.75 Å². The van der Waals surface area contributed by atoms with E-state index < -0.39 is 0 Å². The van der Waals surface area contributed by atoms with Crippen LogP contribution in [0.15, 0.2) is 53.5 Å². The standard InChI is InChI=1S/C21H26N4O3.HI/c1-28-20-10-6-17(7-11-20)12-13-22-21(24-14-2-3-15-24)23-16-18-4-8-19(9-5-18)25(26)27;/h4-11H,2-3,12-16H2,1H3,(H,22,23);1H.